The molecule has 0 bridgehead atoms. The summed E-state index contributed by atoms with van der Waals surface area (Å²) in [6, 6.07) is 8.03. The lowest BCUT2D eigenvalue weighted by atomic mass is 10.1. The fourth-order valence-electron chi connectivity index (χ4n) is 2.40. The quantitative estimate of drug-likeness (QED) is 0.491. The van der Waals surface area contributed by atoms with Crippen LogP contribution >= 0.6 is 23.1 Å². The first kappa shape index (κ1) is 18.3. The molecule has 0 unspecified atom stereocenters. The van der Waals surface area contributed by atoms with Crippen molar-refractivity contribution in [2.24, 2.45) is 0 Å². The van der Waals surface area contributed by atoms with Crippen LogP contribution in [0.4, 0.5) is 5.13 Å². The Labute approximate surface area is 160 Å². The van der Waals surface area contributed by atoms with Crippen LogP contribution in [-0.4, -0.2) is 30.9 Å². The van der Waals surface area contributed by atoms with Crippen LogP contribution in [0.1, 0.15) is 12.5 Å². The van der Waals surface area contributed by atoms with Gasteiger partial charge in [0.15, 0.2) is 16.1 Å². The maximum atomic E-state index is 12.4. The molecule has 0 saturated heterocycles. The molecule has 3 aromatic rings. The van der Waals surface area contributed by atoms with Crippen LogP contribution in [0.3, 0.4) is 0 Å². The average molecular weight is 386 g/mol. The second kappa shape index (κ2) is 8.29. The fourth-order valence-corrected chi connectivity index (χ4v) is 3.79. The minimum absolute atomic E-state index is 0.115. The molecule has 0 spiro atoms. The van der Waals surface area contributed by atoms with Crippen LogP contribution in [0.5, 0.6) is 0 Å². The first-order chi connectivity index (χ1) is 12.6. The number of benzene rings is 1. The highest BCUT2D eigenvalue weighted by atomic mass is 32.2. The van der Waals surface area contributed by atoms with Gasteiger partial charge in [-0.3, -0.25) is 9.36 Å². The Morgan fingerprint density at radius 1 is 1.42 bits per heavy atom. The summed E-state index contributed by atoms with van der Waals surface area (Å²) in [6.07, 6.45) is 3.46. The molecule has 0 aliphatic heterocycles. The van der Waals surface area contributed by atoms with Crippen molar-refractivity contribution in [2.75, 3.05) is 5.32 Å². The molecule has 0 radical (unpaired) electrons. The van der Waals surface area contributed by atoms with Crippen LogP contribution in [0.2, 0.25) is 0 Å². The highest BCUT2D eigenvalue weighted by Gasteiger charge is 2.21. The maximum absolute atomic E-state index is 12.4. The lowest BCUT2D eigenvalue weighted by Gasteiger charge is -2.12. The van der Waals surface area contributed by atoms with Crippen molar-refractivity contribution < 1.29 is 4.79 Å². The molecular weight excluding hydrogens is 366 g/mol. The lowest BCUT2D eigenvalue weighted by Crippen LogP contribution is -2.22. The first-order valence-corrected chi connectivity index (χ1v) is 9.83. The molecular formula is C18H19N5OS2. The molecule has 1 aromatic carbocycles. The molecule has 0 aliphatic carbocycles. The lowest BCUT2D eigenvalue weighted by molar-refractivity contribution is -0.115. The van der Waals surface area contributed by atoms with E-state index in [1.54, 1.807) is 12.3 Å². The highest BCUT2D eigenvalue weighted by molar-refractivity contribution is 8.00. The summed E-state index contributed by atoms with van der Waals surface area (Å²) in [6.45, 7) is 8.28. The standard InChI is InChI=1S/C18H19N5OS2/c1-4-10-23-15(14-8-6-5-7-12(14)2)21-22-18(23)26-13(3)16(24)20-17-19-9-11-25-17/h4-9,11,13H,1,10H2,2-3H3,(H,19,20,24)/t13-/m1/s1. The van der Waals surface area contributed by atoms with Gasteiger partial charge in [0.05, 0.1) is 5.25 Å². The van der Waals surface area contributed by atoms with E-state index in [1.807, 2.05) is 48.1 Å². The molecule has 134 valence electrons. The molecule has 1 amide bonds. The number of thiazole rings is 1. The summed E-state index contributed by atoms with van der Waals surface area (Å²) in [7, 11) is 0. The number of rotatable bonds is 7. The van der Waals surface area contributed by atoms with E-state index in [4.69, 9.17) is 0 Å². The zero-order chi connectivity index (χ0) is 18.5. The third-order valence-electron chi connectivity index (χ3n) is 3.73. The van der Waals surface area contributed by atoms with E-state index >= 15 is 0 Å². The van der Waals surface area contributed by atoms with E-state index < -0.39 is 0 Å². The van der Waals surface area contributed by atoms with Crippen LogP contribution in [0, 0.1) is 6.92 Å². The Hall–Kier alpha value is -2.45. The van der Waals surface area contributed by atoms with Crippen molar-refractivity contribution in [1.82, 2.24) is 19.7 Å². The third-order valence-corrected chi connectivity index (χ3v) is 5.50. The molecule has 1 N–H and O–H groups in total. The van der Waals surface area contributed by atoms with E-state index in [0.29, 0.717) is 16.8 Å². The summed E-state index contributed by atoms with van der Waals surface area (Å²) in [4.78, 5) is 16.4. The summed E-state index contributed by atoms with van der Waals surface area (Å²) >= 11 is 2.76. The number of amides is 1. The van der Waals surface area contributed by atoms with Gasteiger partial charge in [0.25, 0.3) is 0 Å². The van der Waals surface area contributed by atoms with Gasteiger partial charge in [-0.15, -0.1) is 28.1 Å². The van der Waals surface area contributed by atoms with E-state index in [1.165, 1.54) is 23.1 Å². The minimum Gasteiger partial charge on any atom is -0.301 e. The average Bonchev–Trinajstić information content (AvgIpc) is 3.26. The minimum atomic E-state index is -0.337. The number of carbonyl (C=O) groups is 1. The topological polar surface area (TPSA) is 72.7 Å². The molecule has 0 fully saturated rings. The van der Waals surface area contributed by atoms with Crippen molar-refractivity contribution in [3.63, 3.8) is 0 Å². The Balaban J connectivity index is 1.82. The normalized spacial score (nSPS) is 11.9. The second-order valence-corrected chi connectivity index (χ2v) is 7.81. The predicted octanol–water partition coefficient (Wildman–Crippen LogP) is 4.02. The monoisotopic (exact) mass is 385 g/mol. The Kier molecular flexibility index (Phi) is 5.85. The van der Waals surface area contributed by atoms with Crippen molar-refractivity contribution in [2.45, 2.75) is 30.8 Å². The summed E-state index contributed by atoms with van der Waals surface area (Å²) in [5, 5.41) is 14.2. The largest absolute Gasteiger partial charge is 0.301 e. The van der Waals surface area contributed by atoms with E-state index in [9.17, 15) is 4.79 Å². The predicted molar refractivity (Wildman–Crippen MR) is 106 cm³/mol. The van der Waals surface area contributed by atoms with Gasteiger partial charge in [-0.1, -0.05) is 42.1 Å². The van der Waals surface area contributed by atoms with Crippen molar-refractivity contribution in [3.05, 3.63) is 54.1 Å². The van der Waals surface area contributed by atoms with Gasteiger partial charge < -0.3 is 5.32 Å². The number of aryl methyl sites for hydroxylation is 1. The number of aromatic nitrogens is 4. The molecule has 2 aromatic heterocycles. The molecule has 3 rings (SSSR count). The number of nitrogens with one attached hydrogen (secondary N) is 1. The van der Waals surface area contributed by atoms with Crippen molar-refractivity contribution in [1.29, 1.82) is 0 Å². The number of thioether (sulfide) groups is 1. The SMILES string of the molecule is C=CCn1c(S[C@H](C)C(=O)Nc2nccs2)nnc1-c1ccccc1C. The number of carbonyl (C=O) groups excluding carboxylic acids is 1. The third kappa shape index (κ3) is 4.03. The molecule has 0 aliphatic rings. The summed E-state index contributed by atoms with van der Waals surface area (Å²) in [5.74, 6) is 0.661. The van der Waals surface area contributed by atoms with Crippen LogP contribution < -0.4 is 5.32 Å². The molecule has 1 atom stereocenters. The fraction of sp³-hybridized carbons (Fsp3) is 0.222. The molecule has 26 heavy (non-hydrogen) atoms. The number of anilines is 1. The Morgan fingerprint density at radius 3 is 2.92 bits per heavy atom. The highest BCUT2D eigenvalue weighted by Crippen LogP contribution is 2.29. The van der Waals surface area contributed by atoms with Crippen LogP contribution in [0.25, 0.3) is 11.4 Å². The number of hydrogen-bond acceptors (Lipinski definition) is 6. The van der Waals surface area contributed by atoms with E-state index in [0.717, 1.165) is 17.0 Å². The van der Waals surface area contributed by atoms with Gasteiger partial charge in [-0.2, -0.15) is 0 Å². The van der Waals surface area contributed by atoms with Crippen LogP contribution in [0.15, 0.2) is 53.7 Å². The smallest absolute Gasteiger partial charge is 0.239 e. The van der Waals surface area contributed by atoms with E-state index in [-0.39, 0.29) is 11.2 Å². The summed E-state index contributed by atoms with van der Waals surface area (Å²) in [5.41, 5.74) is 2.14. The van der Waals surface area contributed by atoms with Gasteiger partial charge in [0.1, 0.15) is 0 Å². The number of allylic oxidation sites excluding steroid dienone is 1. The van der Waals surface area contributed by atoms with Gasteiger partial charge in [0.2, 0.25) is 5.91 Å². The number of hydrogen-bond donors (Lipinski definition) is 1. The zero-order valence-electron chi connectivity index (χ0n) is 14.5. The van der Waals surface area contributed by atoms with Gasteiger partial charge >= 0.3 is 0 Å². The molecule has 8 heteroatoms. The zero-order valence-corrected chi connectivity index (χ0v) is 16.2. The van der Waals surface area contributed by atoms with Gasteiger partial charge in [-0.25, -0.2) is 4.98 Å². The van der Waals surface area contributed by atoms with Gasteiger partial charge in [0, 0.05) is 23.7 Å². The molecule has 6 nitrogen and oxygen atoms in total. The number of nitrogens with zero attached hydrogens (tertiary/aromatic N) is 4. The Bertz CT molecular complexity index is 904. The Morgan fingerprint density at radius 2 is 2.23 bits per heavy atom. The summed E-state index contributed by atoms with van der Waals surface area (Å²) < 4.78 is 1.98. The van der Waals surface area contributed by atoms with Crippen LogP contribution in [-0.2, 0) is 11.3 Å². The van der Waals surface area contributed by atoms with Gasteiger partial charge in [-0.05, 0) is 19.4 Å². The molecule has 2 heterocycles. The second-order valence-electron chi connectivity index (χ2n) is 5.61. The first-order valence-electron chi connectivity index (χ1n) is 8.07. The van der Waals surface area contributed by atoms with Crippen molar-refractivity contribution in [3.8, 4) is 11.4 Å². The van der Waals surface area contributed by atoms with Crippen molar-refractivity contribution >= 4 is 34.1 Å². The van der Waals surface area contributed by atoms with E-state index in [2.05, 4.69) is 27.1 Å². The molecule has 0 saturated carbocycles. The maximum Gasteiger partial charge on any atom is 0.239 e.